The van der Waals surface area contributed by atoms with E-state index in [0.29, 0.717) is 11.3 Å². The molecule has 0 aliphatic carbocycles. The van der Waals surface area contributed by atoms with Gasteiger partial charge < -0.3 is 14.9 Å². The van der Waals surface area contributed by atoms with Crippen LogP contribution in [0.4, 0.5) is 10.1 Å². The van der Waals surface area contributed by atoms with Crippen molar-refractivity contribution in [1.29, 1.82) is 0 Å². The number of methoxy groups -OCH3 is 1. The monoisotopic (exact) mass is 447 g/mol. The normalized spacial score (nSPS) is 17.5. The number of hydrogen-bond acceptors (Lipinski definition) is 5. The Hall–Kier alpha value is -4.13. The van der Waals surface area contributed by atoms with Crippen LogP contribution in [0.25, 0.3) is 5.76 Å². The van der Waals surface area contributed by atoms with Crippen LogP contribution in [0.15, 0.2) is 66.2 Å². The molecule has 1 unspecified atom stereocenters. The van der Waals surface area contributed by atoms with Gasteiger partial charge in [-0.1, -0.05) is 18.2 Å². The minimum absolute atomic E-state index is 0.00824. The molecule has 0 radical (unpaired) electrons. The van der Waals surface area contributed by atoms with Crippen molar-refractivity contribution in [1.82, 2.24) is 0 Å². The summed E-state index contributed by atoms with van der Waals surface area (Å²) in [4.78, 5) is 27.8. The first-order chi connectivity index (χ1) is 15.7. The molecule has 1 atom stereocenters. The van der Waals surface area contributed by atoms with Crippen LogP contribution < -0.4 is 9.64 Å². The standard InChI is InChI=1S/C26H22FNO5/c1-14-10-15(2)12-18(11-14)28-23(16-4-7-19(29)8-5-16)22(25(31)26(28)32)24(30)20-13-17(27)6-9-21(20)33-3/h4-13,23,29-30H,1-3H3/b24-22+. The second-order valence-electron chi connectivity index (χ2n) is 7.95. The van der Waals surface area contributed by atoms with E-state index in [1.807, 2.05) is 19.9 Å². The number of carbonyl (C=O) groups excluding carboxylic acids is 2. The number of halogens is 1. The Morgan fingerprint density at radius 1 is 0.970 bits per heavy atom. The highest BCUT2D eigenvalue weighted by Gasteiger charge is 2.47. The molecule has 2 N–H and O–H groups in total. The number of Topliss-reactive ketones (excluding diaryl/α,β-unsaturated/α-hetero) is 1. The summed E-state index contributed by atoms with van der Waals surface area (Å²) in [6, 6.07) is 14.0. The van der Waals surface area contributed by atoms with E-state index in [0.717, 1.165) is 17.2 Å². The predicted molar refractivity (Wildman–Crippen MR) is 122 cm³/mol. The maximum Gasteiger partial charge on any atom is 0.300 e. The molecule has 7 heteroatoms. The number of aryl methyl sites for hydroxylation is 2. The first kappa shape index (κ1) is 22.1. The fourth-order valence-corrected chi connectivity index (χ4v) is 4.17. The predicted octanol–water partition coefficient (Wildman–Crippen LogP) is 4.78. The summed E-state index contributed by atoms with van der Waals surface area (Å²) in [6.45, 7) is 3.75. The molecule has 4 rings (SSSR count). The van der Waals surface area contributed by atoms with Gasteiger partial charge in [-0.2, -0.15) is 0 Å². The third-order valence-electron chi connectivity index (χ3n) is 5.55. The SMILES string of the molecule is COc1ccc(F)cc1/C(O)=C1\C(=O)C(=O)N(c2cc(C)cc(C)c2)C1c1ccc(O)cc1. The third-order valence-corrected chi connectivity index (χ3v) is 5.55. The van der Waals surface area contributed by atoms with Gasteiger partial charge in [0.1, 0.15) is 23.1 Å². The maximum atomic E-state index is 14.0. The highest BCUT2D eigenvalue weighted by Crippen LogP contribution is 2.44. The molecule has 1 fully saturated rings. The highest BCUT2D eigenvalue weighted by molar-refractivity contribution is 6.51. The highest BCUT2D eigenvalue weighted by atomic mass is 19.1. The van der Waals surface area contributed by atoms with Crippen molar-refractivity contribution in [3.63, 3.8) is 0 Å². The Balaban J connectivity index is 2.00. The van der Waals surface area contributed by atoms with Crippen molar-refractivity contribution in [3.8, 4) is 11.5 Å². The quantitative estimate of drug-likeness (QED) is 0.341. The van der Waals surface area contributed by atoms with Gasteiger partial charge in [0, 0.05) is 5.69 Å². The lowest BCUT2D eigenvalue weighted by Gasteiger charge is -2.26. The lowest BCUT2D eigenvalue weighted by Crippen LogP contribution is -2.29. The number of phenols is 1. The van der Waals surface area contributed by atoms with Crippen LogP contribution in [0.3, 0.4) is 0 Å². The zero-order chi connectivity index (χ0) is 23.9. The van der Waals surface area contributed by atoms with Crippen LogP contribution in [0.5, 0.6) is 11.5 Å². The molecule has 1 aliphatic rings. The zero-order valence-electron chi connectivity index (χ0n) is 18.3. The van der Waals surface area contributed by atoms with Crippen molar-refractivity contribution in [2.75, 3.05) is 12.0 Å². The Labute approximate surface area is 190 Å². The molecule has 1 saturated heterocycles. The Morgan fingerprint density at radius 3 is 2.21 bits per heavy atom. The van der Waals surface area contributed by atoms with Crippen LogP contribution >= 0.6 is 0 Å². The van der Waals surface area contributed by atoms with E-state index in [1.54, 1.807) is 24.3 Å². The number of amides is 1. The minimum atomic E-state index is -1.00. The van der Waals surface area contributed by atoms with Crippen LogP contribution in [-0.4, -0.2) is 29.0 Å². The Kier molecular flexibility index (Phi) is 5.64. The number of hydrogen-bond donors (Lipinski definition) is 2. The fourth-order valence-electron chi connectivity index (χ4n) is 4.17. The van der Waals surface area contributed by atoms with Gasteiger partial charge in [0.05, 0.1) is 24.3 Å². The van der Waals surface area contributed by atoms with E-state index in [1.165, 1.54) is 36.3 Å². The van der Waals surface area contributed by atoms with Gasteiger partial charge in [-0.15, -0.1) is 0 Å². The molecule has 3 aromatic rings. The number of anilines is 1. The number of ether oxygens (including phenoxy) is 1. The van der Waals surface area contributed by atoms with Crippen molar-refractivity contribution in [2.24, 2.45) is 0 Å². The largest absolute Gasteiger partial charge is 0.508 e. The van der Waals surface area contributed by atoms with Gasteiger partial charge in [0.15, 0.2) is 0 Å². The Morgan fingerprint density at radius 2 is 1.61 bits per heavy atom. The number of aliphatic hydroxyl groups is 1. The molecule has 3 aromatic carbocycles. The van der Waals surface area contributed by atoms with Crippen molar-refractivity contribution >= 4 is 23.1 Å². The molecule has 1 amide bonds. The second-order valence-corrected chi connectivity index (χ2v) is 7.95. The average molecular weight is 447 g/mol. The smallest absolute Gasteiger partial charge is 0.300 e. The van der Waals surface area contributed by atoms with Crippen LogP contribution in [0.1, 0.15) is 28.3 Å². The van der Waals surface area contributed by atoms with Gasteiger partial charge in [0.2, 0.25) is 0 Å². The van der Waals surface area contributed by atoms with Crippen molar-refractivity contribution in [3.05, 3.63) is 94.3 Å². The van der Waals surface area contributed by atoms with Gasteiger partial charge >= 0.3 is 0 Å². The number of aromatic hydroxyl groups is 1. The maximum absolute atomic E-state index is 14.0. The molecule has 0 aromatic heterocycles. The molecular weight excluding hydrogens is 425 g/mol. The second kappa shape index (κ2) is 8.43. The number of ketones is 1. The minimum Gasteiger partial charge on any atom is -0.508 e. The summed E-state index contributed by atoms with van der Waals surface area (Å²) < 4.78 is 19.3. The summed E-state index contributed by atoms with van der Waals surface area (Å²) in [5.74, 6) is -2.76. The summed E-state index contributed by atoms with van der Waals surface area (Å²) in [6.07, 6.45) is 0. The van der Waals surface area contributed by atoms with Crippen molar-refractivity contribution in [2.45, 2.75) is 19.9 Å². The topological polar surface area (TPSA) is 87.1 Å². The first-order valence-electron chi connectivity index (χ1n) is 10.2. The van der Waals surface area contributed by atoms with Gasteiger partial charge in [-0.05, 0) is 73.0 Å². The summed E-state index contributed by atoms with van der Waals surface area (Å²) >= 11 is 0. The molecule has 1 aliphatic heterocycles. The number of carbonyl (C=O) groups is 2. The van der Waals surface area contributed by atoms with Crippen LogP contribution in [-0.2, 0) is 9.59 Å². The summed E-state index contributed by atoms with van der Waals surface area (Å²) in [5.41, 5.74) is 2.51. The molecule has 1 heterocycles. The number of nitrogens with zero attached hydrogens (tertiary/aromatic N) is 1. The third kappa shape index (κ3) is 3.93. The molecule has 0 bridgehead atoms. The number of benzene rings is 3. The number of phenolic OH excluding ortho intramolecular Hbond substituents is 1. The molecule has 0 spiro atoms. The molecular formula is C26H22FNO5. The number of rotatable bonds is 4. The van der Waals surface area contributed by atoms with E-state index in [-0.39, 0.29) is 22.6 Å². The van der Waals surface area contributed by atoms with E-state index in [4.69, 9.17) is 4.74 Å². The molecule has 33 heavy (non-hydrogen) atoms. The van der Waals surface area contributed by atoms with Gasteiger partial charge in [-0.25, -0.2) is 4.39 Å². The van der Waals surface area contributed by atoms with Gasteiger partial charge in [0.25, 0.3) is 11.7 Å². The van der Waals surface area contributed by atoms with E-state index >= 15 is 0 Å². The zero-order valence-corrected chi connectivity index (χ0v) is 18.3. The van der Waals surface area contributed by atoms with Crippen LogP contribution in [0.2, 0.25) is 0 Å². The average Bonchev–Trinajstić information content (AvgIpc) is 3.03. The first-order valence-corrected chi connectivity index (χ1v) is 10.2. The van der Waals surface area contributed by atoms with E-state index in [9.17, 15) is 24.2 Å². The number of aliphatic hydroxyl groups excluding tert-OH is 1. The van der Waals surface area contributed by atoms with Crippen molar-refractivity contribution < 1.29 is 28.9 Å². The van der Waals surface area contributed by atoms with Gasteiger partial charge in [-0.3, -0.25) is 14.5 Å². The Bertz CT molecular complexity index is 1280. The lowest BCUT2D eigenvalue weighted by atomic mass is 9.94. The molecule has 168 valence electrons. The van der Waals surface area contributed by atoms with Crippen LogP contribution in [0, 0.1) is 19.7 Å². The molecule has 6 nitrogen and oxygen atoms in total. The molecule has 0 saturated carbocycles. The summed E-state index contributed by atoms with van der Waals surface area (Å²) in [5, 5.41) is 20.9. The fraction of sp³-hybridized carbons (Fsp3) is 0.154. The lowest BCUT2D eigenvalue weighted by molar-refractivity contribution is -0.132. The van der Waals surface area contributed by atoms with E-state index in [2.05, 4.69) is 0 Å². The summed E-state index contributed by atoms with van der Waals surface area (Å²) in [7, 11) is 1.36. The van der Waals surface area contributed by atoms with E-state index < -0.39 is 29.3 Å².